The maximum atomic E-state index is 13.7. The van der Waals surface area contributed by atoms with Crippen LogP contribution in [0.2, 0.25) is 0 Å². The number of morpholine rings is 1. The minimum Gasteiger partial charge on any atom is -0.379 e. The standard InChI is InChI=1S/C30H35N3O3/c34-29(31-17-10-18-33-19-21-36-22-20-33)27(23-24-11-4-1-5-12-24)32-30(35)28(25-13-6-2-7-14-25)26-15-8-3-9-16-26/h1-9,11-16,27-28H,10,17-23H2,(H,31,34)(H,32,35)/t27-/m0/s1. The van der Waals surface area contributed by atoms with Crippen molar-refractivity contribution in [3.05, 3.63) is 108 Å². The van der Waals surface area contributed by atoms with Crippen LogP contribution in [0.4, 0.5) is 0 Å². The summed E-state index contributed by atoms with van der Waals surface area (Å²) < 4.78 is 5.40. The number of carbonyl (C=O) groups is 2. The zero-order valence-electron chi connectivity index (χ0n) is 20.6. The minimum atomic E-state index is -0.668. The predicted octanol–water partition coefficient (Wildman–Crippen LogP) is 3.38. The van der Waals surface area contributed by atoms with Crippen LogP contribution >= 0.6 is 0 Å². The van der Waals surface area contributed by atoms with Gasteiger partial charge in [0.2, 0.25) is 11.8 Å². The molecule has 3 aromatic rings. The van der Waals surface area contributed by atoms with E-state index in [2.05, 4.69) is 15.5 Å². The molecule has 0 radical (unpaired) electrons. The lowest BCUT2D eigenvalue weighted by Crippen LogP contribution is -2.49. The maximum absolute atomic E-state index is 13.7. The summed E-state index contributed by atoms with van der Waals surface area (Å²) in [6.07, 6.45) is 1.28. The molecule has 4 rings (SSSR count). The van der Waals surface area contributed by atoms with Gasteiger partial charge in [0.05, 0.1) is 19.1 Å². The lowest BCUT2D eigenvalue weighted by Gasteiger charge is -2.26. The Morgan fingerprint density at radius 1 is 0.778 bits per heavy atom. The molecule has 0 aromatic heterocycles. The van der Waals surface area contributed by atoms with Gasteiger partial charge in [0.15, 0.2) is 0 Å². The van der Waals surface area contributed by atoms with E-state index in [9.17, 15) is 9.59 Å². The molecule has 1 atom stereocenters. The van der Waals surface area contributed by atoms with Crippen molar-refractivity contribution < 1.29 is 14.3 Å². The molecule has 188 valence electrons. The number of nitrogens with one attached hydrogen (secondary N) is 2. The molecule has 6 nitrogen and oxygen atoms in total. The van der Waals surface area contributed by atoms with Crippen molar-refractivity contribution in [2.45, 2.75) is 24.8 Å². The summed E-state index contributed by atoms with van der Waals surface area (Å²) in [5.74, 6) is -0.842. The minimum absolute atomic E-state index is 0.158. The number of hydrogen-bond acceptors (Lipinski definition) is 4. The van der Waals surface area contributed by atoms with Crippen molar-refractivity contribution in [3.8, 4) is 0 Å². The molecule has 36 heavy (non-hydrogen) atoms. The van der Waals surface area contributed by atoms with E-state index in [1.807, 2.05) is 91.0 Å². The zero-order valence-corrected chi connectivity index (χ0v) is 20.6. The molecule has 2 amide bonds. The number of ether oxygens (including phenoxy) is 1. The van der Waals surface area contributed by atoms with Gasteiger partial charge in [-0.1, -0.05) is 91.0 Å². The highest BCUT2D eigenvalue weighted by atomic mass is 16.5. The highest BCUT2D eigenvalue weighted by molar-refractivity contribution is 5.92. The van der Waals surface area contributed by atoms with Crippen LogP contribution < -0.4 is 10.6 Å². The van der Waals surface area contributed by atoms with Crippen LogP contribution in [-0.2, 0) is 20.7 Å². The summed E-state index contributed by atoms with van der Waals surface area (Å²) in [6, 6.07) is 28.6. The molecule has 1 saturated heterocycles. The van der Waals surface area contributed by atoms with E-state index in [4.69, 9.17) is 4.74 Å². The molecule has 6 heteroatoms. The number of hydrogen-bond donors (Lipinski definition) is 2. The van der Waals surface area contributed by atoms with Gasteiger partial charge in [-0.3, -0.25) is 14.5 Å². The van der Waals surface area contributed by atoms with E-state index < -0.39 is 12.0 Å². The van der Waals surface area contributed by atoms with Gasteiger partial charge in [0, 0.05) is 26.1 Å². The van der Waals surface area contributed by atoms with Crippen LogP contribution in [0.3, 0.4) is 0 Å². The molecule has 0 unspecified atom stereocenters. The first-order chi connectivity index (χ1) is 17.7. The Morgan fingerprint density at radius 2 is 1.33 bits per heavy atom. The number of amides is 2. The summed E-state index contributed by atoms with van der Waals surface area (Å²) in [4.78, 5) is 29.3. The summed E-state index contributed by atoms with van der Waals surface area (Å²) in [7, 11) is 0. The Balaban J connectivity index is 1.45. The second-order valence-corrected chi connectivity index (χ2v) is 9.10. The molecule has 0 spiro atoms. The quantitative estimate of drug-likeness (QED) is 0.409. The molecule has 0 bridgehead atoms. The Morgan fingerprint density at radius 3 is 1.92 bits per heavy atom. The van der Waals surface area contributed by atoms with Crippen molar-refractivity contribution in [2.24, 2.45) is 0 Å². The van der Waals surface area contributed by atoms with Gasteiger partial charge >= 0.3 is 0 Å². The first-order valence-corrected chi connectivity index (χ1v) is 12.7. The predicted molar refractivity (Wildman–Crippen MR) is 142 cm³/mol. The molecule has 0 saturated carbocycles. The van der Waals surface area contributed by atoms with E-state index in [0.29, 0.717) is 13.0 Å². The van der Waals surface area contributed by atoms with E-state index in [0.717, 1.165) is 56.0 Å². The van der Waals surface area contributed by atoms with Crippen molar-refractivity contribution >= 4 is 11.8 Å². The van der Waals surface area contributed by atoms with Crippen LogP contribution in [0, 0.1) is 0 Å². The highest BCUT2D eigenvalue weighted by Crippen LogP contribution is 2.25. The van der Waals surface area contributed by atoms with Gasteiger partial charge in [-0.25, -0.2) is 0 Å². The molecule has 2 N–H and O–H groups in total. The zero-order chi connectivity index (χ0) is 25.0. The summed E-state index contributed by atoms with van der Waals surface area (Å²) in [6.45, 7) is 4.88. The van der Waals surface area contributed by atoms with Crippen LogP contribution in [0.1, 0.15) is 29.0 Å². The van der Waals surface area contributed by atoms with Gasteiger partial charge in [0.25, 0.3) is 0 Å². The molecule has 1 heterocycles. The van der Waals surface area contributed by atoms with Gasteiger partial charge in [-0.05, 0) is 29.7 Å². The van der Waals surface area contributed by atoms with Crippen LogP contribution in [0.15, 0.2) is 91.0 Å². The number of carbonyl (C=O) groups excluding carboxylic acids is 2. The first-order valence-electron chi connectivity index (χ1n) is 12.7. The normalized spacial score (nSPS) is 14.8. The topological polar surface area (TPSA) is 70.7 Å². The number of rotatable bonds is 11. The van der Waals surface area contributed by atoms with Crippen LogP contribution in [-0.4, -0.2) is 62.1 Å². The largest absolute Gasteiger partial charge is 0.379 e. The molecule has 0 aliphatic carbocycles. The molecular weight excluding hydrogens is 450 g/mol. The van der Waals surface area contributed by atoms with Gasteiger partial charge in [0.1, 0.15) is 6.04 Å². The van der Waals surface area contributed by atoms with E-state index in [1.165, 1.54) is 0 Å². The fourth-order valence-corrected chi connectivity index (χ4v) is 4.56. The van der Waals surface area contributed by atoms with E-state index in [1.54, 1.807) is 0 Å². The second-order valence-electron chi connectivity index (χ2n) is 9.10. The van der Waals surface area contributed by atoms with Crippen LogP contribution in [0.25, 0.3) is 0 Å². The molecule has 3 aromatic carbocycles. The van der Waals surface area contributed by atoms with Crippen molar-refractivity contribution in [1.29, 1.82) is 0 Å². The third-order valence-corrected chi connectivity index (χ3v) is 6.50. The number of benzene rings is 3. The monoisotopic (exact) mass is 485 g/mol. The van der Waals surface area contributed by atoms with E-state index >= 15 is 0 Å². The Labute approximate surface area is 213 Å². The summed E-state index contributed by atoms with van der Waals surface area (Å²) in [5.41, 5.74) is 2.79. The van der Waals surface area contributed by atoms with Crippen molar-refractivity contribution in [2.75, 3.05) is 39.4 Å². The lowest BCUT2D eigenvalue weighted by atomic mass is 9.90. The fourth-order valence-electron chi connectivity index (χ4n) is 4.56. The molecule has 1 aliphatic rings. The van der Waals surface area contributed by atoms with E-state index in [-0.39, 0.29) is 11.8 Å². The van der Waals surface area contributed by atoms with Crippen molar-refractivity contribution in [3.63, 3.8) is 0 Å². The van der Waals surface area contributed by atoms with Crippen LogP contribution in [0.5, 0.6) is 0 Å². The summed E-state index contributed by atoms with van der Waals surface area (Å²) >= 11 is 0. The van der Waals surface area contributed by atoms with Gasteiger partial charge < -0.3 is 15.4 Å². The SMILES string of the molecule is O=C(N[C@@H](Cc1ccccc1)C(=O)NCCCN1CCOCC1)C(c1ccccc1)c1ccccc1. The Hall–Kier alpha value is -3.48. The maximum Gasteiger partial charge on any atom is 0.242 e. The fraction of sp³-hybridized carbons (Fsp3) is 0.333. The Bertz CT molecular complexity index is 1030. The molecular formula is C30H35N3O3. The van der Waals surface area contributed by atoms with Gasteiger partial charge in [-0.15, -0.1) is 0 Å². The lowest BCUT2D eigenvalue weighted by molar-refractivity contribution is -0.129. The highest BCUT2D eigenvalue weighted by Gasteiger charge is 2.28. The first kappa shape index (κ1) is 25.6. The smallest absolute Gasteiger partial charge is 0.242 e. The molecule has 1 fully saturated rings. The van der Waals surface area contributed by atoms with Gasteiger partial charge in [-0.2, -0.15) is 0 Å². The third-order valence-electron chi connectivity index (χ3n) is 6.50. The number of nitrogens with zero attached hydrogens (tertiary/aromatic N) is 1. The molecule has 1 aliphatic heterocycles. The Kier molecular flexibility index (Phi) is 9.65. The summed E-state index contributed by atoms with van der Waals surface area (Å²) in [5, 5.41) is 6.13. The van der Waals surface area contributed by atoms with Crippen molar-refractivity contribution in [1.82, 2.24) is 15.5 Å². The second kappa shape index (κ2) is 13.6. The third kappa shape index (κ3) is 7.51. The average molecular weight is 486 g/mol. The average Bonchev–Trinajstić information content (AvgIpc) is 2.93.